The zero-order valence-corrected chi connectivity index (χ0v) is 33.9. The minimum atomic E-state index is -2.01. The zero-order valence-electron chi connectivity index (χ0n) is 29.4. The summed E-state index contributed by atoms with van der Waals surface area (Å²) in [5.41, 5.74) is 10.4. The fourth-order valence-electron chi connectivity index (χ4n) is 6.44. The third-order valence-corrected chi connectivity index (χ3v) is 13.4. The van der Waals surface area contributed by atoms with Gasteiger partial charge in [-0.15, -0.1) is 35.9 Å². The Morgan fingerprint density at radius 1 is 0.673 bits per heavy atom. The predicted molar refractivity (Wildman–Crippen MR) is 212 cm³/mol. The molecule has 9 aromatic rings. The Bertz CT molecular complexity index is 2580. The van der Waals surface area contributed by atoms with Crippen LogP contribution in [0.2, 0.25) is 17.3 Å². The van der Waals surface area contributed by atoms with Gasteiger partial charge in [0.2, 0.25) is 0 Å². The first-order valence-electron chi connectivity index (χ1n) is 17.1. The Labute approximate surface area is 320 Å². The van der Waals surface area contributed by atoms with Crippen LogP contribution in [0.4, 0.5) is 0 Å². The minimum Gasteiger partial charge on any atom is -0.305 e. The molecule has 0 N–H and O–H groups in total. The summed E-state index contributed by atoms with van der Waals surface area (Å²) in [4.78, 5) is 14.3. The number of hydrogen-bond acceptors (Lipinski definition) is 4. The van der Waals surface area contributed by atoms with Gasteiger partial charge >= 0.3 is 201 Å². The smallest absolute Gasteiger partial charge is 0.0160 e. The van der Waals surface area contributed by atoms with Crippen molar-refractivity contribution in [2.45, 2.75) is 24.2 Å². The summed E-state index contributed by atoms with van der Waals surface area (Å²) in [7, 11) is 0. The van der Waals surface area contributed by atoms with Crippen molar-refractivity contribution in [2.75, 3.05) is 0 Å². The molecule has 52 heavy (non-hydrogen) atoms. The molecule has 1 radical (unpaired) electrons. The number of benzene rings is 5. The van der Waals surface area contributed by atoms with Gasteiger partial charge in [0.15, 0.2) is 0 Å². The normalized spacial score (nSPS) is 11.3. The van der Waals surface area contributed by atoms with E-state index in [1.807, 2.05) is 79.7 Å². The number of aromatic nitrogens is 4. The molecular weight excluding hydrogens is 877 g/mol. The molecule has 5 aromatic carbocycles. The second-order valence-corrected chi connectivity index (χ2v) is 24.2. The first-order valence-corrected chi connectivity index (χ1v) is 24.5. The van der Waals surface area contributed by atoms with Crippen LogP contribution in [0.25, 0.3) is 72.6 Å². The van der Waals surface area contributed by atoms with E-state index in [-0.39, 0.29) is 20.1 Å². The Balaban J connectivity index is 0.000000275. The molecule has 9 rings (SSSR count). The molecule has 0 unspecified atom stereocenters. The average molecular weight is 914 g/mol. The third kappa shape index (κ3) is 6.90. The molecule has 0 atom stereocenters. The van der Waals surface area contributed by atoms with E-state index in [1.54, 1.807) is 6.20 Å². The number of imidazole rings is 1. The van der Waals surface area contributed by atoms with Crippen LogP contribution < -0.4 is 4.40 Å². The number of rotatable bonds is 5. The number of para-hydroxylation sites is 1. The summed E-state index contributed by atoms with van der Waals surface area (Å²) in [6.07, 6.45) is 1.79. The second-order valence-electron chi connectivity index (χ2n) is 13.6. The van der Waals surface area contributed by atoms with E-state index < -0.39 is 13.3 Å². The molecule has 0 fully saturated rings. The van der Waals surface area contributed by atoms with Crippen LogP contribution in [-0.2, 0) is 20.1 Å². The number of nitrogens with zero attached hydrogens (tertiary/aromatic N) is 4. The summed E-state index contributed by atoms with van der Waals surface area (Å²) in [5.74, 6) is 8.02. The standard InChI is InChI=1S/C34H28GeN3O.C11H8N.Ir/c1-22-32-30(21-29(36-22)23-12-7-5-8-13-23)38(25-14-9-6-10-15-25)34(37-32)28-17-11-16-27-26-19-18-24(35(2,3)4)20-31(26)39-33(27)28;1-2-6-10(7-3-1)11-8-4-5-9-12-11;/h5-16,18-21H,1-4H3;1-6,8-9H;/q2*-1;. The van der Waals surface area contributed by atoms with Crippen LogP contribution in [0.5, 0.6) is 0 Å². The van der Waals surface area contributed by atoms with Gasteiger partial charge in [0, 0.05) is 26.3 Å². The van der Waals surface area contributed by atoms with Gasteiger partial charge in [0.05, 0.1) is 0 Å². The maximum atomic E-state index is 6.61. The number of furan rings is 1. The molecule has 4 heterocycles. The topological polar surface area (TPSA) is 56.7 Å². The van der Waals surface area contributed by atoms with E-state index in [2.05, 4.69) is 106 Å². The molecule has 0 aliphatic heterocycles. The molecule has 0 bridgehead atoms. The van der Waals surface area contributed by atoms with Gasteiger partial charge < -0.3 is 4.98 Å². The molecule has 0 spiro atoms. The van der Waals surface area contributed by atoms with Crippen molar-refractivity contribution in [3.05, 3.63) is 164 Å². The van der Waals surface area contributed by atoms with Crippen molar-refractivity contribution < 1.29 is 24.5 Å². The van der Waals surface area contributed by atoms with Crippen LogP contribution in [-0.4, -0.2) is 32.8 Å². The van der Waals surface area contributed by atoms with Gasteiger partial charge in [-0.1, -0.05) is 42.5 Å². The van der Waals surface area contributed by atoms with Crippen LogP contribution in [0, 0.1) is 19.1 Å². The Morgan fingerprint density at radius 3 is 2.13 bits per heavy atom. The molecule has 7 heteroatoms. The van der Waals surface area contributed by atoms with Crippen LogP contribution in [0.15, 0.2) is 150 Å². The first-order chi connectivity index (χ1) is 24.8. The largest absolute Gasteiger partial charge is 0.305 e. The monoisotopic (exact) mass is 915 g/mol. The molecule has 0 saturated carbocycles. The van der Waals surface area contributed by atoms with E-state index in [1.165, 1.54) is 4.40 Å². The van der Waals surface area contributed by atoms with Gasteiger partial charge in [-0.2, -0.15) is 0 Å². The molecule has 257 valence electrons. The van der Waals surface area contributed by atoms with Crippen molar-refractivity contribution in [1.29, 1.82) is 0 Å². The SMILES string of the molecule is Cc1nc(-c2ccccc2)cc2c1nc(-c1[c-]ccc3c1oc1c[c]([Ge]([CH3])([CH3])[CH3])ccc13)n2-c1ccccc1.[Ir].[c-]1ccccc1-c1ccccn1. The van der Waals surface area contributed by atoms with Gasteiger partial charge in [-0.25, -0.2) is 0 Å². The summed E-state index contributed by atoms with van der Waals surface area (Å²) in [6.45, 7) is 2.03. The summed E-state index contributed by atoms with van der Waals surface area (Å²) < 4.78 is 10.3. The van der Waals surface area contributed by atoms with Crippen LogP contribution in [0.3, 0.4) is 0 Å². The third-order valence-electron chi connectivity index (χ3n) is 9.07. The minimum absolute atomic E-state index is 0. The van der Waals surface area contributed by atoms with Crippen LogP contribution >= 0.6 is 0 Å². The number of hydrogen-bond donors (Lipinski definition) is 0. The number of pyridine rings is 2. The Morgan fingerprint density at radius 2 is 1.42 bits per heavy atom. The molecule has 5 nitrogen and oxygen atoms in total. The number of aryl methyl sites for hydroxylation is 1. The first kappa shape index (κ1) is 35.3. The maximum absolute atomic E-state index is 6.61. The fraction of sp³-hybridized carbons (Fsp3) is 0.0889. The molecule has 4 aromatic heterocycles. The van der Waals surface area contributed by atoms with Crippen molar-refractivity contribution in [1.82, 2.24) is 19.5 Å². The van der Waals surface area contributed by atoms with Gasteiger partial charge in [0.25, 0.3) is 0 Å². The number of fused-ring (bicyclic) bond motifs is 4. The maximum Gasteiger partial charge on any atom is 0.0160 e. The molecule has 0 saturated heterocycles. The summed E-state index contributed by atoms with van der Waals surface area (Å²) >= 11 is -2.01. The van der Waals surface area contributed by atoms with Crippen LogP contribution in [0.1, 0.15) is 5.69 Å². The fourth-order valence-corrected chi connectivity index (χ4v) is 8.85. The van der Waals surface area contributed by atoms with Gasteiger partial charge in [0.1, 0.15) is 0 Å². The zero-order chi connectivity index (χ0) is 35.0. The van der Waals surface area contributed by atoms with Crippen molar-refractivity contribution in [2.24, 2.45) is 0 Å². The van der Waals surface area contributed by atoms with E-state index in [0.717, 1.165) is 78.3 Å². The summed E-state index contributed by atoms with van der Waals surface area (Å²) in [6, 6.07) is 54.0. The van der Waals surface area contributed by atoms with Crippen molar-refractivity contribution >= 4 is 50.6 Å². The van der Waals surface area contributed by atoms with Gasteiger partial charge in [-0.3, -0.25) is 0 Å². The van der Waals surface area contributed by atoms with E-state index >= 15 is 0 Å². The predicted octanol–water partition coefficient (Wildman–Crippen LogP) is 10.9. The van der Waals surface area contributed by atoms with Gasteiger partial charge in [-0.05, 0) is 11.8 Å². The average Bonchev–Trinajstić information content (AvgIpc) is 3.75. The summed E-state index contributed by atoms with van der Waals surface area (Å²) in [5, 5.41) is 2.21. The van der Waals surface area contributed by atoms with E-state index in [9.17, 15) is 0 Å². The van der Waals surface area contributed by atoms with E-state index in [4.69, 9.17) is 14.4 Å². The Kier molecular flexibility index (Phi) is 10.1. The van der Waals surface area contributed by atoms with Crippen molar-refractivity contribution in [3.63, 3.8) is 0 Å². The molecule has 0 aliphatic carbocycles. The molecule has 0 amide bonds. The quantitative estimate of drug-likeness (QED) is 0.128. The van der Waals surface area contributed by atoms with Crippen molar-refractivity contribution in [3.8, 4) is 39.6 Å². The molecule has 0 aliphatic rings. The Hall–Kier alpha value is -5.14. The van der Waals surface area contributed by atoms with E-state index in [0.29, 0.717) is 0 Å². The molecular formula is C45H36GeIrN4O-2. The second kappa shape index (κ2) is 14.8.